The Morgan fingerprint density at radius 1 is 1.24 bits per heavy atom. The van der Waals surface area contributed by atoms with Gasteiger partial charge in [0.2, 0.25) is 0 Å². The largest absolute Gasteiger partial charge is 0.489 e. The van der Waals surface area contributed by atoms with E-state index in [1.54, 1.807) is 7.11 Å². The Bertz CT molecular complexity index is 396. The van der Waals surface area contributed by atoms with E-state index in [4.69, 9.17) is 9.47 Å². The maximum absolute atomic E-state index is 5.80. The highest BCUT2D eigenvalue weighted by Crippen LogP contribution is 2.10. The molecule has 1 aromatic rings. The lowest BCUT2D eigenvalue weighted by molar-refractivity contribution is 0.195. The SMILES string of the molecule is CCNC(=NCC(C)Oc1ccccc1)NCCCOC. The molecule has 1 aromatic carbocycles. The summed E-state index contributed by atoms with van der Waals surface area (Å²) in [4.78, 5) is 4.54. The minimum atomic E-state index is 0.0295. The van der Waals surface area contributed by atoms with Crippen LogP contribution in [-0.4, -0.2) is 45.4 Å². The maximum atomic E-state index is 5.80. The fourth-order valence-electron chi connectivity index (χ4n) is 1.75. The molecule has 0 fully saturated rings. The van der Waals surface area contributed by atoms with Crippen molar-refractivity contribution in [2.24, 2.45) is 4.99 Å². The lowest BCUT2D eigenvalue weighted by Crippen LogP contribution is -2.38. The van der Waals surface area contributed by atoms with Crippen molar-refractivity contribution in [3.05, 3.63) is 30.3 Å². The van der Waals surface area contributed by atoms with Crippen molar-refractivity contribution in [3.8, 4) is 5.75 Å². The number of aliphatic imine (C=N–C) groups is 1. The van der Waals surface area contributed by atoms with E-state index in [1.165, 1.54) is 0 Å². The zero-order chi connectivity index (χ0) is 15.3. The van der Waals surface area contributed by atoms with Gasteiger partial charge in [0, 0.05) is 26.8 Å². The Kier molecular flexibility index (Phi) is 9.04. The Morgan fingerprint density at radius 3 is 2.67 bits per heavy atom. The highest BCUT2D eigenvalue weighted by molar-refractivity contribution is 5.79. The Hall–Kier alpha value is -1.75. The van der Waals surface area contributed by atoms with E-state index in [-0.39, 0.29) is 6.10 Å². The number of nitrogens with one attached hydrogen (secondary N) is 2. The van der Waals surface area contributed by atoms with E-state index < -0.39 is 0 Å². The van der Waals surface area contributed by atoms with Gasteiger partial charge in [0.25, 0.3) is 0 Å². The van der Waals surface area contributed by atoms with Crippen LogP contribution in [0.5, 0.6) is 5.75 Å². The zero-order valence-electron chi connectivity index (χ0n) is 13.3. The molecule has 0 heterocycles. The summed E-state index contributed by atoms with van der Waals surface area (Å²) < 4.78 is 10.8. The summed E-state index contributed by atoms with van der Waals surface area (Å²) in [5, 5.41) is 6.50. The van der Waals surface area contributed by atoms with E-state index >= 15 is 0 Å². The normalized spacial score (nSPS) is 12.8. The second-order valence-corrected chi connectivity index (χ2v) is 4.73. The molecule has 0 spiro atoms. The molecule has 5 nitrogen and oxygen atoms in total. The molecule has 0 saturated carbocycles. The predicted octanol–water partition coefficient (Wildman–Crippen LogP) is 2.05. The van der Waals surface area contributed by atoms with Crippen molar-refractivity contribution in [1.29, 1.82) is 0 Å². The van der Waals surface area contributed by atoms with E-state index in [1.807, 2.05) is 37.3 Å². The second kappa shape index (κ2) is 11.0. The number of ether oxygens (including phenoxy) is 2. The molecule has 1 atom stereocenters. The van der Waals surface area contributed by atoms with Crippen LogP contribution in [0.1, 0.15) is 20.3 Å². The molecule has 0 saturated heterocycles. The lowest BCUT2D eigenvalue weighted by Gasteiger charge is -2.15. The minimum absolute atomic E-state index is 0.0295. The first-order valence-electron chi connectivity index (χ1n) is 7.49. The van der Waals surface area contributed by atoms with Gasteiger partial charge >= 0.3 is 0 Å². The molecular weight excluding hydrogens is 266 g/mol. The molecule has 1 unspecified atom stereocenters. The number of nitrogens with zero attached hydrogens (tertiary/aromatic N) is 1. The summed E-state index contributed by atoms with van der Waals surface area (Å²) in [6.45, 7) is 7.10. The van der Waals surface area contributed by atoms with Crippen molar-refractivity contribution in [1.82, 2.24) is 10.6 Å². The summed E-state index contributed by atoms with van der Waals surface area (Å²) in [5.74, 6) is 1.69. The van der Waals surface area contributed by atoms with Crippen LogP contribution >= 0.6 is 0 Å². The second-order valence-electron chi connectivity index (χ2n) is 4.73. The van der Waals surface area contributed by atoms with Gasteiger partial charge in [-0.2, -0.15) is 0 Å². The van der Waals surface area contributed by atoms with Gasteiger partial charge < -0.3 is 20.1 Å². The lowest BCUT2D eigenvalue weighted by atomic mass is 10.3. The molecule has 0 bridgehead atoms. The van der Waals surface area contributed by atoms with E-state index in [9.17, 15) is 0 Å². The van der Waals surface area contributed by atoms with Gasteiger partial charge in [-0.25, -0.2) is 4.99 Å². The Morgan fingerprint density at radius 2 is 2.00 bits per heavy atom. The third-order valence-electron chi connectivity index (χ3n) is 2.75. The van der Waals surface area contributed by atoms with Crippen LogP contribution < -0.4 is 15.4 Å². The summed E-state index contributed by atoms with van der Waals surface area (Å²) in [6.07, 6.45) is 0.985. The fourth-order valence-corrected chi connectivity index (χ4v) is 1.75. The highest BCUT2D eigenvalue weighted by Gasteiger charge is 2.04. The topological polar surface area (TPSA) is 54.9 Å². The number of para-hydroxylation sites is 1. The zero-order valence-corrected chi connectivity index (χ0v) is 13.3. The van der Waals surface area contributed by atoms with E-state index in [2.05, 4.69) is 22.5 Å². The first-order valence-corrected chi connectivity index (χ1v) is 7.49. The summed E-state index contributed by atoms with van der Waals surface area (Å²) >= 11 is 0. The standard InChI is InChI=1S/C16H27N3O2/c1-4-17-16(18-11-8-12-20-3)19-13-14(2)21-15-9-6-5-7-10-15/h5-7,9-10,14H,4,8,11-13H2,1-3H3,(H2,17,18,19). The van der Waals surface area contributed by atoms with E-state index in [0.717, 1.165) is 37.8 Å². The molecule has 0 aliphatic carbocycles. The van der Waals surface area contributed by atoms with Gasteiger partial charge in [-0.15, -0.1) is 0 Å². The van der Waals surface area contributed by atoms with Crippen LogP contribution in [-0.2, 0) is 4.74 Å². The summed E-state index contributed by atoms with van der Waals surface area (Å²) in [7, 11) is 1.71. The van der Waals surface area contributed by atoms with Crippen molar-refractivity contribution in [3.63, 3.8) is 0 Å². The highest BCUT2D eigenvalue weighted by atomic mass is 16.5. The molecule has 0 aromatic heterocycles. The monoisotopic (exact) mass is 293 g/mol. The van der Waals surface area contributed by atoms with E-state index in [0.29, 0.717) is 6.54 Å². The molecule has 21 heavy (non-hydrogen) atoms. The fraction of sp³-hybridized carbons (Fsp3) is 0.562. The van der Waals surface area contributed by atoms with Gasteiger partial charge in [-0.3, -0.25) is 0 Å². The van der Waals surface area contributed by atoms with Crippen molar-refractivity contribution < 1.29 is 9.47 Å². The molecule has 0 radical (unpaired) electrons. The molecule has 0 aliphatic rings. The maximum Gasteiger partial charge on any atom is 0.191 e. The average Bonchev–Trinajstić information content (AvgIpc) is 2.50. The van der Waals surface area contributed by atoms with Crippen LogP contribution in [0, 0.1) is 0 Å². The van der Waals surface area contributed by atoms with Crippen LogP contribution in [0.3, 0.4) is 0 Å². The van der Waals surface area contributed by atoms with Gasteiger partial charge in [0.15, 0.2) is 5.96 Å². The molecule has 0 aliphatic heterocycles. The summed E-state index contributed by atoms with van der Waals surface area (Å²) in [6, 6.07) is 9.81. The van der Waals surface area contributed by atoms with Crippen molar-refractivity contribution in [2.45, 2.75) is 26.4 Å². The molecule has 118 valence electrons. The Balaban J connectivity index is 2.37. The van der Waals surface area contributed by atoms with Crippen LogP contribution in [0.4, 0.5) is 0 Å². The van der Waals surface area contributed by atoms with Crippen LogP contribution in [0.15, 0.2) is 35.3 Å². The van der Waals surface area contributed by atoms with Gasteiger partial charge in [-0.1, -0.05) is 18.2 Å². The predicted molar refractivity (Wildman–Crippen MR) is 87.0 cm³/mol. The Labute approximate surface area is 127 Å². The minimum Gasteiger partial charge on any atom is -0.489 e. The van der Waals surface area contributed by atoms with Crippen molar-refractivity contribution >= 4 is 5.96 Å². The summed E-state index contributed by atoms with van der Waals surface area (Å²) in [5.41, 5.74) is 0. The molecule has 0 amide bonds. The number of guanidine groups is 1. The first kappa shape index (κ1) is 17.3. The van der Waals surface area contributed by atoms with Crippen LogP contribution in [0.25, 0.3) is 0 Å². The quantitative estimate of drug-likeness (QED) is 0.416. The third kappa shape index (κ3) is 8.19. The number of rotatable bonds is 9. The van der Waals surface area contributed by atoms with Gasteiger partial charge in [-0.05, 0) is 32.4 Å². The average molecular weight is 293 g/mol. The van der Waals surface area contributed by atoms with Crippen LogP contribution in [0.2, 0.25) is 0 Å². The molecule has 1 rings (SSSR count). The molecule has 5 heteroatoms. The first-order chi connectivity index (χ1) is 10.3. The number of hydrogen-bond donors (Lipinski definition) is 2. The molecule has 2 N–H and O–H groups in total. The van der Waals surface area contributed by atoms with Crippen molar-refractivity contribution in [2.75, 3.05) is 33.4 Å². The van der Waals surface area contributed by atoms with Gasteiger partial charge in [0.05, 0.1) is 6.54 Å². The van der Waals surface area contributed by atoms with Gasteiger partial charge in [0.1, 0.15) is 11.9 Å². The third-order valence-corrected chi connectivity index (χ3v) is 2.75. The number of methoxy groups -OCH3 is 1. The number of hydrogen-bond acceptors (Lipinski definition) is 3. The number of benzene rings is 1. The molecular formula is C16H27N3O2. The smallest absolute Gasteiger partial charge is 0.191 e.